The third-order valence-corrected chi connectivity index (χ3v) is 4.81. The fourth-order valence-electron chi connectivity index (χ4n) is 2.45. The van der Waals surface area contributed by atoms with Crippen LogP contribution in [0, 0.1) is 20.8 Å². The summed E-state index contributed by atoms with van der Waals surface area (Å²) in [5.41, 5.74) is 2.73. The summed E-state index contributed by atoms with van der Waals surface area (Å²) in [6, 6.07) is 3.55. The normalized spacial score (nSPS) is 10.9. The van der Waals surface area contributed by atoms with Crippen molar-refractivity contribution in [2.24, 2.45) is 0 Å². The maximum Gasteiger partial charge on any atom is 0.342 e. The minimum Gasteiger partial charge on any atom is -0.462 e. The van der Waals surface area contributed by atoms with Gasteiger partial charge in [-0.05, 0) is 39.8 Å². The summed E-state index contributed by atoms with van der Waals surface area (Å²) >= 11 is 1.42. The van der Waals surface area contributed by atoms with E-state index in [4.69, 9.17) is 13.7 Å². The number of rotatable bonds is 6. The van der Waals surface area contributed by atoms with Crippen LogP contribution in [0.1, 0.15) is 40.0 Å². The van der Waals surface area contributed by atoms with E-state index >= 15 is 0 Å². The zero-order chi connectivity index (χ0) is 18.7. The average Bonchev–Trinajstić information content (AvgIpc) is 3.24. The number of aryl methyl sites for hydroxylation is 3. The largest absolute Gasteiger partial charge is 0.462 e. The first-order valence-corrected chi connectivity index (χ1v) is 9.14. The summed E-state index contributed by atoms with van der Waals surface area (Å²) in [5, 5.41) is 4.51. The van der Waals surface area contributed by atoms with Crippen LogP contribution in [-0.2, 0) is 10.5 Å². The molecule has 26 heavy (non-hydrogen) atoms. The fourth-order valence-corrected chi connectivity index (χ4v) is 3.67. The van der Waals surface area contributed by atoms with E-state index in [2.05, 4.69) is 15.1 Å². The fraction of sp³-hybridized carbons (Fsp3) is 0.333. The van der Waals surface area contributed by atoms with E-state index in [1.807, 2.05) is 13.8 Å². The van der Waals surface area contributed by atoms with Gasteiger partial charge in [0.2, 0.25) is 0 Å². The number of carbonyl (C=O) groups excluding carboxylic acids is 1. The number of furan rings is 1. The third kappa shape index (κ3) is 3.65. The van der Waals surface area contributed by atoms with Crippen LogP contribution in [0.3, 0.4) is 0 Å². The number of carbonyl (C=O) groups is 1. The van der Waals surface area contributed by atoms with E-state index in [-0.39, 0.29) is 6.61 Å². The Balaban J connectivity index is 2.00. The first kappa shape index (κ1) is 18.2. The molecule has 3 rings (SSSR count). The van der Waals surface area contributed by atoms with Crippen LogP contribution in [0.4, 0.5) is 0 Å². The highest BCUT2D eigenvalue weighted by molar-refractivity contribution is 7.98. The predicted octanol–water partition coefficient (Wildman–Crippen LogP) is 4.12. The molecule has 0 aliphatic rings. The Morgan fingerprint density at radius 3 is 2.65 bits per heavy atom. The molecule has 0 unspecified atom stereocenters. The molecule has 0 aliphatic heterocycles. The molecule has 0 aliphatic carbocycles. The molecule has 0 aromatic carbocycles. The minimum absolute atomic E-state index is 0.284. The monoisotopic (exact) mass is 373 g/mol. The van der Waals surface area contributed by atoms with Crippen molar-refractivity contribution in [3.63, 3.8) is 0 Å². The van der Waals surface area contributed by atoms with Crippen LogP contribution in [-0.4, -0.2) is 27.7 Å². The zero-order valence-corrected chi connectivity index (χ0v) is 15.8. The van der Waals surface area contributed by atoms with E-state index in [1.165, 1.54) is 11.8 Å². The smallest absolute Gasteiger partial charge is 0.342 e. The van der Waals surface area contributed by atoms with Gasteiger partial charge in [-0.2, -0.15) is 0 Å². The number of thioether (sulfide) groups is 1. The van der Waals surface area contributed by atoms with Gasteiger partial charge in [-0.1, -0.05) is 5.16 Å². The Labute approximate surface area is 155 Å². The average molecular weight is 373 g/mol. The molecule has 0 bridgehead atoms. The van der Waals surface area contributed by atoms with Gasteiger partial charge in [-0.15, -0.1) is 11.8 Å². The lowest BCUT2D eigenvalue weighted by Gasteiger charge is -2.11. The maximum absolute atomic E-state index is 12.4. The Kier molecular flexibility index (Phi) is 5.41. The molecule has 7 nitrogen and oxygen atoms in total. The lowest BCUT2D eigenvalue weighted by Crippen LogP contribution is -2.12. The van der Waals surface area contributed by atoms with E-state index in [9.17, 15) is 4.79 Å². The molecule has 0 atom stereocenters. The molecule has 0 fully saturated rings. The summed E-state index contributed by atoms with van der Waals surface area (Å²) in [6.07, 6.45) is 1.56. The Bertz CT molecular complexity index is 899. The van der Waals surface area contributed by atoms with Crippen molar-refractivity contribution in [3.8, 4) is 11.6 Å². The number of aromatic nitrogens is 3. The summed E-state index contributed by atoms with van der Waals surface area (Å²) in [4.78, 5) is 21.4. The van der Waals surface area contributed by atoms with Crippen molar-refractivity contribution >= 4 is 17.7 Å². The molecule has 136 valence electrons. The molecule has 3 aromatic rings. The Morgan fingerprint density at radius 2 is 2.04 bits per heavy atom. The molecule has 3 aromatic heterocycles. The van der Waals surface area contributed by atoms with Crippen molar-refractivity contribution in [1.29, 1.82) is 0 Å². The van der Waals surface area contributed by atoms with E-state index in [0.29, 0.717) is 33.6 Å². The van der Waals surface area contributed by atoms with Gasteiger partial charge in [0.1, 0.15) is 16.3 Å². The van der Waals surface area contributed by atoms with Gasteiger partial charge >= 0.3 is 5.97 Å². The van der Waals surface area contributed by atoms with E-state index in [0.717, 1.165) is 17.0 Å². The highest BCUT2D eigenvalue weighted by atomic mass is 32.2. The zero-order valence-electron chi connectivity index (χ0n) is 15.0. The predicted molar refractivity (Wildman–Crippen MR) is 96.0 cm³/mol. The highest BCUT2D eigenvalue weighted by Crippen LogP contribution is 2.31. The van der Waals surface area contributed by atoms with Crippen LogP contribution in [0.25, 0.3) is 11.6 Å². The number of esters is 1. The van der Waals surface area contributed by atoms with Crippen molar-refractivity contribution in [2.75, 3.05) is 6.61 Å². The summed E-state index contributed by atoms with van der Waals surface area (Å²) in [5.74, 6) is 1.87. The van der Waals surface area contributed by atoms with Gasteiger partial charge in [-0.25, -0.2) is 14.8 Å². The van der Waals surface area contributed by atoms with Gasteiger partial charge in [0, 0.05) is 11.3 Å². The number of ether oxygens (including phenoxy) is 1. The van der Waals surface area contributed by atoms with Crippen LogP contribution in [0.5, 0.6) is 0 Å². The van der Waals surface area contributed by atoms with Crippen molar-refractivity contribution in [1.82, 2.24) is 15.1 Å². The van der Waals surface area contributed by atoms with Gasteiger partial charge in [0.25, 0.3) is 0 Å². The van der Waals surface area contributed by atoms with Crippen molar-refractivity contribution in [2.45, 2.75) is 38.5 Å². The minimum atomic E-state index is -0.433. The van der Waals surface area contributed by atoms with E-state index in [1.54, 1.807) is 32.2 Å². The van der Waals surface area contributed by atoms with Crippen molar-refractivity contribution < 1.29 is 18.5 Å². The molecule has 3 heterocycles. The molecule has 0 saturated heterocycles. The van der Waals surface area contributed by atoms with Crippen molar-refractivity contribution in [3.05, 3.63) is 46.7 Å². The first-order valence-electron chi connectivity index (χ1n) is 8.15. The second-order valence-electron chi connectivity index (χ2n) is 5.60. The van der Waals surface area contributed by atoms with Gasteiger partial charge < -0.3 is 13.7 Å². The first-order chi connectivity index (χ1) is 12.5. The van der Waals surface area contributed by atoms with Gasteiger partial charge in [0.05, 0.1) is 24.3 Å². The third-order valence-electron chi connectivity index (χ3n) is 3.81. The Hall–Kier alpha value is -2.61. The second-order valence-corrected chi connectivity index (χ2v) is 6.57. The Morgan fingerprint density at radius 1 is 1.23 bits per heavy atom. The molecular formula is C18H19N3O4S. The second kappa shape index (κ2) is 7.74. The highest BCUT2D eigenvalue weighted by Gasteiger charge is 2.22. The molecule has 0 radical (unpaired) electrons. The molecule has 0 N–H and O–H groups in total. The number of nitrogens with zero attached hydrogens (tertiary/aromatic N) is 3. The lowest BCUT2D eigenvalue weighted by atomic mass is 10.2. The van der Waals surface area contributed by atoms with Crippen LogP contribution in [0.15, 0.2) is 32.4 Å². The topological polar surface area (TPSA) is 91.2 Å². The SMILES string of the molecule is CCOC(=O)c1c(C)nc(-c2ccco2)nc1SCc1c(C)noc1C. The molecular weight excluding hydrogens is 354 g/mol. The van der Waals surface area contributed by atoms with E-state index < -0.39 is 5.97 Å². The summed E-state index contributed by atoms with van der Waals surface area (Å²) in [7, 11) is 0. The molecule has 0 spiro atoms. The maximum atomic E-state index is 12.4. The quantitative estimate of drug-likeness (QED) is 0.362. The van der Waals surface area contributed by atoms with Crippen LogP contribution in [0.2, 0.25) is 0 Å². The summed E-state index contributed by atoms with van der Waals surface area (Å²) in [6.45, 7) is 7.56. The molecule has 8 heteroatoms. The number of hydrogen-bond acceptors (Lipinski definition) is 8. The van der Waals surface area contributed by atoms with Gasteiger partial charge in [0.15, 0.2) is 11.6 Å². The summed E-state index contributed by atoms with van der Waals surface area (Å²) < 4.78 is 15.8. The standard InChI is InChI=1S/C18H19N3O4S/c1-5-23-18(22)15-11(3)19-16(14-7-6-8-24-14)20-17(15)26-9-13-10(2)21-25-12(13)4/h6-8H,5,9H2,1-4H3. The van der Waals surface area contributed by atoms with Crippen LogP contribution >= 0.6 is 11.8 Å². The van der Waals surface area contributed by atoms with Crippen LogP contribution < -0.4 is 0 Å². The number of hydrogen-bond donors (Lipinski definition) is 0. The molecule has 0 amide bonds. The lowest BCUT2D eigenvalue weighted by molar-refractivity contribution is 0.0519. The molecule has 0 saturated carbocycles. The van der Waals surface area contributed by atoms with Gasteiger partial charge in [-0.3, -0.25) is 0 Å².